The lowest BCUT2D eigenvalue weighted by Gasteiger charge is -2.07. The average Bonchev–Trinajstić information content (AvgIpc) is 2.84. The Labute approximate surface area is 116 Å². The second kappa shape index (κ2) is 5.16. The predicted octanol–water partition coefficient (Wildman–Crippen LogP) is 1.57. The Kier molecular flexibility index (Phi) is 3.20. The normalized spacial score (nSPS) is 10.8. The molecule has 20 heavy (non-hydrogen) atoms. The summed E-state index contributed by atoms with van der Waals surface area (Å²) in [7, 11) is 1.84. The minimum absolute atomic E-state index is 0.509. The van der Waals surface area contributed by atoms with Crippen molar-refractivity contribution < 1.29 is 4.74 Å². The minimum Gasteiger partial charge on any atom is -0.477 e. The Bertz CT molecular complexity index is 737. The SMILES string of the molecule is Cn1ncc2c(OCCc3ccccc3N)ncnc21. The maximum Gasteiger partial charge on any atom is 0.227 e. The van der Waals surface area contributed by atoms with Crippen molar-refractivity contribution in [2.24, 2.45) is 7.05 Å². The monoisotopic (exact) mass is 269 g/mol. The molecule has 0 saturated carbocycles. The van der Waals surface area contributed by atoms with E-state index in [4.69, 9.17) is 10.5 Å². The lowest BCUT2D eigenvalue weighted by molar-refractivity contribution is 0.313. The van der Waals surface area contributed by atoms with E-state index >= 15 is 0 Å². The first-order chi connectivity index (χ1) is 9.75. The third-order valence-electron chi connectivity index (χ3n) is 3.16. The third-order valence-corrected chi connectivity index (χ3v) is 3.16. The summed E-state index contributed by atoms with van der Waals surface area (Å²) in [4.78, 5) is 8.33. The highest BCUT2D eigenvalue weighted by molar-refractivity contribution is 5.79. The fraction of sp³-hybridized carbons (Fsp3) is 0.214. The summed E-state index contributed by atoms with van der Waals surface area (Å²) < 4.78 is 7.43. The van der Waals surface area contributed by atoms with Crippen molar-refractivity contribution in [2.75, 3.05) is 12.3 Å². The average molecular weight is 269 g/mol. The van der Waals surface area contributed by atoms with Crippen LogP contribution < -0.4 is 10.5 Å². The molecule has 0 aliphatic carbocycles. The fourth-order valence-electron chi connectivity index (χ4n) is 2.08. The smallest absolute Gasteiger partial charge is 0.227 e. The van der Waals surface area contributed by atoms with Gasteiger partial charge < -0.3 is 10.5 Å². The van der Waals surface area contributed by atoms with Crippen LogP contribution >= 0.6 is 0 Å². The molecule has 3 aromatic rings. The number of rotatable bonds is 4. The number of hydrogen-bond donors (Lipinski definition) is 1. The lowest BCUT2D eigenvalue weighted by Crippen LogP contribution is -2.05. The molecule has 102 valence electrons. The molecule has 2 N–H and O–H groups in total. The van der Waals surface area contributed by atoms with E-state index in [1.54, 1.807) is 10.9 Å². The molecule has 2 aromatic heterocycles. The molecule has 0 bridgehead atoms. The van der Waals surface area contributed by atoms with Crippen LogP contribution in [0, 0.1) is 0 Å². The summed E-state index contributed by atoms with van der Waals surface area (Å²) in [5.41, 5.74) is 8.51. The van der Waals surface area contributed by atoms with Crippen molar-refractivity contribution >= 4 is 16.7 Å². The van der Waals surface area contributed by atoms with E-state index < -0.39 is 0 Å². The van der Waals surface area contributed by atoms with Crippen molar-refractivity contribution in [2.45, 2.75) is 6.42 Å². The molecule has 0 radical (unpaired) electrons. The number of nitrogens with zero attached hydrogens (tertiary/aromatic N) is 4. The van der Waals surface area contributed by atoms with Crippen LogP contribution in [0.3, 0.4) is 0 Å². The molecule has 0 saturated heterocycles. The molecule has 0 unspecified atom stereocenters. The van der Waals surface area contributed by atoms with Gasteiger partial charge in [-0.2, -0.15) is 5.10 Å². The van der Waals surface area contributed by atoms with Crippen molar-refractivity contribution in [1.82, 2.24) is 19.7 Å². The van der Waals surface area contributed by atoms with E-state index in [1.165, 1.54) is 6.33 Å². The summed E-state index contributed by atoms with van der Waals surface area (Å²) in [5.74, 6) is 0.553. The van der Waals surface area contributed by atoms with Crippen molar-refractivity contribution in [3.05, 3.63) is 42.4 Å². The van der Waals surface area contributed by atoms with Crippen LogP contribution in [0.5, 0.6) is 5.88 Å². The molecule has 6 nitrogen and oxygen atoms in total. The van der Waals surface area contributed by atoms with E-state index in [-0.39, 0.29) is 0 Å². The standard InChI is InChI=1S/C14H15N5O/c1-19-13-11(8-18-19)14(17-9-16-13)20-7-6-10-4-2-3-5-12(10)15/h2-5,8-9H,6-7,15H2,1H3. The number of ether oxygens (including phenoxy) is 1. The van der Waals surface area contributed by atoms with E-state index in [0.717, 1.165) is 28.7 Å². The number of para-hydroxylation sites is 1. The Balaban J connectivity index is 1.73. The molecular formula is C14H15N5O. The second-order valence-electron chi connectivity index (χ2n) is 4.48. The van der Waals surface area contributed by atoms with E-state index in [0.29, 0.717) is 12.5 Å². The Hall–Kier alpha value is -2.63. The summed E-state index contributed by atoms with van der Waals surface area (Å²) in [6.07, 6.45) is 3.93. The molecule has 1 aromatic carbocycles. The van der Waals surface area contributed by atoms with Gasteiger partial charge in [-0.15, -0.1) is 0 Å². The van der Waals surface area contributed by atoms with E-state index in [2.05, 4.69) is 15.1 Å². The van der Waals surface area contributed by atoms with Crippen LogP contribution in [0.1, 0.15) is 5.56 Å². The van der Waals surface area contributed by atoms with Crippen LogP contribution in [0.25, 0.3) is 11.0 Å². The Morgan fingerprint density at radius 1 is 1.25 bits per heavy atom. The lowest BCUT2D eigenvalue weighted by atomic mass is 10.1. The van der Waals surface area contributed by atoms with Gasteiger partial charge in [0, 0.05) is 19.2 Å². The van der Waals surface area contributed by atoms with Crippen molar-refractivity contribution in [3.63, 3.8) is 0 Å². The van der Waals surface area contributed by atoms with Crippen LogP contribution in [-0.4, -0.2) is 26.4 Å². The van der Waals surface area contributed by atoms with Crippen LogP contribution in [-0.2, 0) is 13.5 Å². The van der Waals surface area contributed by atoms with Gasteiger partial charge in [0.1, 0.15) is 11.7 Å². The number of aryl methyl sites for hydroxylation is 1. The molecule has 2 heterocycles. The first kappa shape index (κ1) is 12.4. The van der Waals surface area contributed by atoms with Gasteiger partial charge in [0.2, 0.25) is 5.88 Å². The largest absolute Gasteiger partial charge is 0.477 e. The molecule has 6 heteroatoms. The van der Waals surface area contributed by atoms with Crippen molar-refractivity contribution in [3.8, 4) is 5.88 Å². The number of benzene rings is 1. The van der Waals surface area contributed by atoms with Crippen LogP contribution in [0.2, 0.25) is 0 Å². The quantitative estimate of drug-likeness (QED) is 0.727. The predicted molar refractivity (Wildman–Crippen MR) is 76.4 cm³/mol. The summed E-state index contributed by atoms with van der Waals surface area (Å²) in [5, 5.41) is 4.97. The van der Waals surface area contributed by atoms with Gasteiger partial charge in [-0.1, -0.05) is 18.2 Å². The molecule has 0 aliphatic rings. The highest BCUT2D eigenvalue weighted by Crippen LogP contribution is 2.20. The number of aromatic nitrogens is 4. The molecule has 0 fully saturated rings. The van der Waals surface area contributed by atoms with Crippen LogP contribution in [0.4, 0.5) is 5.69 Å². The topological polar surface area (TPSA) is 78.9 Å². The number of anilines is 1. The van der Waals surface area contributed by atoms with Crippen molar-refractivity contribution in [1.29, 1.82) is 0 Å². The zero-order valence-corrected chi connectivity index (χ0v) is 11.2. The van der Waals surface area contributed by atoms with Gasteiger partial charge in [-0.25, -0.2) is 9.97 Å². The van der Waals surface area contributed by atoms with E-state index in [9.17, 15) is 0 Å². The summed E-state index contributed by atoms with van der Waals surface area (Å²) in [6.45, 7) is 0.509. The molecule has 0 amide bonds. The van der Waals surface area contributed by atoms with Gasteiger partial charge in [0.05, 0.1) is 12.8 Å². The number of nitrogen functional groups attached to an aromatic ring is 1. The van der Waals surface area contributed by atoms with Gasteiger partial charge in [-0.3, -0.25) is 4.68 Å². The zero-order valence-electron chi connectivity index (χ0n) is 11.2. The van der Waals surface area contributed by atoms with Gasteiger partial charge >= 0.3 is 0 Å². The highest BCUT2D eigenvalue weighted by atomic mass is 16.5. The minimum atomic E-state index is 0.509. The summed E-state index contributed by atoms with van der Waals surface area (Å²) >= 11 is 0. The van der Waals surface area contributed by atoms with Gasteiger partial charge in [-0.05, 0) is 11.6 Å². The molecule has 0 atom stereocenters. The van der Waals surface area contributed by atoms with Gasteiger partial charge in [0.25, 0.3) is 0 Å². The Morgan fingerprint density at radius 2 is 2.10 bits per heavy atom. The Morgan fingerprint density at radius 3 is 2.95 bits per heavy atom. The third kappa shape index (κ3) is 2.27. The first-order valence-corrected chi connectivity index (χ1v) is 6.34. The zero-order chi connectivity index (χ0) is 13.9. The van der Waals surface area contributed by atoms with E-state index in [1.807, 2.05) is 31.3 Å². The fourth-order valence-corrected chi connectivity index (χ4v) is 2.08. The molecular weight excluding hydrogens is 254 g/mol. The molecule has 3 rings (SSSR count). The second-order valence-corrected chi connectivity index (χ2v) is 4.48. The molecule has 0 spiro atoms. The highest BCUT2D eigenvalue weighted by Gasteiger charge is 2.08. The first-order valence-electron chi connectivity index (χ1n) is 6.34. The van der Waals surface area contributed by atoms with Crippen LogP contribution in [0.15, 0.2) is 36.8 Å². The number of fused-ring (bicyclic) bond motifs is 1. The molecule has 0 aliphatic heterocycles. The maximum atomic E-state index is 5.90. The number of hydrogen-bond acceptors (Lipinski definition) is 5. The maximum absolute atomic E-state index is 5.90. The van der Waals surface area contributed by atoms with Gasteiger partial charge in [0.15, 0.2) is 5.65 Å². The summed E-state index contributed by atoms with van der Waals surface area (Å²) in [6, 6.07) is 7.77. The number of nitrogens with two attached hydrogens (primary N) is 1.